The lowest BCUT2D eigenvalue weighted by atomic mass is 9.84. The Bertz CT molecular complexity index is 2880. The molecule has 0 saturated carbocycles. The van der Waals surface area contributed by atoms with Crippen LogP contribution in [0.25, 0.3) is 92.4 Å². The maximum atomic E-state index is 9.64. The summed E-state index contributed by atoms with van der Waals surface area (Å²) in [5, 5.41) is 28.4. The minimum absolute atomic E-state index is 0.585. The molecule has 0 heterocycles. The number of nitrogens with zero attached hydrogens (tertiary/aromatic N) is 3. The van der Waals surface area contributed by atoms with Crippen molar-refractivity contribution in [1.29, 1.82) is 10.5 Å². The molecule has 0 aliphatic heterocycles. The van der Waals surface area contributed by atoms with Gasteiger partial charge in [-0.1, -0.05) is 60.7 Å². The zero-order chi connectivity index (χ0) is 32.7. The molecule has 0 N–H and O–H groups in total. The monoisotopic (exact) mass is 607 g/mol. The Morgan fingerprint density at radius 1 is 0.458 bits per heavy atom. The SMILES string of the molecule is [C-]#[N+]c1ccc2c(c1)c(-c1ccc(C#N)cc1C)cc1c3cc4c(cc3c(-c3ccc(C#N)cc3C)cc21)-c1cccc2cccc-4c12. The predicted octanol–water partition coefficient (Wildman–Crippen LogP) is 12.2. The zero-order valence-corrected chi connectivity index (χ0v) is 26.3. The van der Waals surface area contributed by atoms with Gasteiger partial charge in [0.25, 0.3) is 0 Å². The van der Waals surface area contributed by atoms with E-state index in [2.05, 4.69) is 96.7 Å². The summed E-state index contributed by atoms with van der Waals surface area (Å²) >= 11 is 0. The van der Waals surface area contributed by atoms with Crippen molar-refractivity contribution in [1.82, 2.24) is 0 Å². The molecule has 0 saturated heterocycles. The van der Waals surface area contributed by atoms with E-state index < -0.39 is 0 Å². The molecule has 3 heteroatoms. The average Bonchev–Trinajstić information content (AvgIpc) is 3.44. The van der Waals surface area contributed by atoms with Crippen LogP contribution in [-0.4, -0.2) is 0 Å². The fourth-order valence-electron chi connectivity index (χ4n) is 7.90. The smallest absolute Gasteiger partial charge is 0.187 e. The summed E-state index contributed by atoms with van der Waals surface area (Å²) in [5.41, 5.74) is 13.2. The summed E-state index contributed by atoms with van der Waals surface area (Å²) in [4.78, 5) is 3.79. The first-order valence-electron chi connectivity index (χ1n) is 15.9. The quantitative estimate of drug-likeness (QED) is 0.145. The first kappa shape index (κ1) is 27.6. The molecule has 0 unspecified atom stereocenters. The highest BCUT2D eigenvalue weighted by atomic mass is 14.6. The third kappa shape index (κ3) is 3.85. The number of fused-ring (bicyclic) bond motifs is 8. The molecule has 220 valence electrons. The number of benzene rings is 8. The highest BCUT2D eigenvalue weighted by Gasteiger charge is 2.24. The van der Waals surface area contributed by atoms with Gasteiger partial charge in [0.05, 0.1) is 29.8 Å². The van der Waals surface area contributed by atoms with Crippen LogP contribution in [0.3, 0.4) is 0 Å². The Kier molecular flexibility index (Phi) is 5.82. The van der Waals surface area contributed by atoms with Crippen molar-refractivity contribution >= 4 is 48.8 Å². The Balaban J connectivity index is 1.48. The second-order valence-corrected chi connectivity index (χ2v) is 12.7. The van der Waals surface area contributed by atoms with Crippen LogP contribution in [-0.2, 0) is 0 Å². The summed E-state index contributed by atoms with van der Waals surface area (Å²) in [5.74, 6) is 0. The molecule has 1 aliphatic rings. The van der Waals surface area contributed by atoms with Crippen molar-refractivity contribution in [2.75, 3.05) is 0 Å². The lowest BCUT2D eigenvalue weighted by molar-refractivity contribution is 1.42. The van der Waals surface area contributed by atoms with Crippen LogP contribution < -0.4 is 0 Å². The highest BCUT2D eigenvalue weighted by molar-refractivity contribution is 6.27. The van der Waals surface area contributed by atoms with Crippen molar-refractivity contribution in [3.8, 4) is 56.6 Å². The number of aryl methyl sites for hydroxylation is 2. The molecule has 0 radical (unpaired) electrons. The average molecular weight is 608 g/mol. The second kappa shape index (κ2) is 10.1. The molecule has 8 aromatic rings. The van der Waals surface area contributed by atoms with Crippen LogP contribution in [0.1, 0.15) is 22.3 Å². The fraction of sp³-hybridized carbons (Fsp3) is 0.0444. The first-order valence-corrected chi connectivity index (χ1v) is 15.9. The summed E-state index contributed by atoms with van der Waals surface area (Å²) in [7, 11) is 0. The Morgan fingerprint density at radius 3 is 1.50 bits per heavy atom. The van der Waals surface area contributed by atoms with Crippen LogP contribution in [0, 0.1) is 43.1 Å². The molecule has 0 bridgehead atoms. The zero-order valence-electron chi connectivity index (χ0n) is 26.3. The van der Waals surface area contributed by atoms with Crippen molar-refractivity contribution < 1.29 is 0 Å². The van der Waals surface area contributed by atoms with Gasteiger partial charge in [0, 0.05) is 0 Å². The Morgan fingerprint density at radius 2 is 0.958 bits per heavy atom. The molecular formula is C45H25N3. The maximum absolute atomic E-state index is 9.64. The number of hydrogen-bond acceptors (Lipinski definition) is 2. The van der Waals surface area contributed by atoms with Crippen LogP contribution >= 0.6 is 0 Å². The van der Waals surface area contributed by atoms with Crippen molar-refractivity contribution in [2.45, 2.75) is 13.8 Å². The van der Waals surface area contributed by atoms with E-state index in [1.54, 1.807) is 0 Å². The molecule has 3 nitrogen and oxygen atoms in total. The van der Waals surface area contributed by atoms with Crippen LogP contribution in [0.15, 0.2) is 115 Å². The molecule has 0 atom stereocenters. The summed E-state index contributed by atoms with van der Waals surface area (Å²) in [6.45, 7) is 11.9. The van der Waals surface area contributed by atoms with E-state index in [1.165, 1.54) is 33.0 Å². The maximum Gasteiger partial charge on any atom is 0.187 e. The van der Waals surface area contributed by atoms with Gasteiger partial charge < -0.3 is 0 Å². The summed E-state index contributed by atoms with van der Waals surface area (Å²) in [6.07, 6.45) is 0. The molecule has 48 heavy (non-hydrogen) atoms. The third-order valence-corrected chi connectivity index (χ3v) is 10.1. The molecule has 0 fully saturated rings. The topological polar surface area (TPSA) is 51.9 Å². The van der Waals surface area contributed by atoms with E-state index in [4.69, 9.17) is 6.57 Å². The summed E-state index contributed by atoms with van der Waals surface area (Å²) in [6, 6.07) is 44.8. The number of nitriles is 2. The third-order valence-electron chi connectivity index (χ3n) is 10.1. The molecule has 8 aromatic carbocycles. The number of rotatable bonds is 2. The molecule has 1 aliphatic carbocycles. The van der Waals surface area contributed by atoms with Gasteiger partial charge in [-0.15, -0.1) is 0 Å². The molecule has 0 amide bonds. The minimum Gasteiger partial charge on any atom is -0.238 e. The molecular weight excluding hydrogens is 583 g/mol. The van der Waals surface area contributed by atoms with Gasteiger partial charge in [0.1, 0.15) is 0 Å². The molecule has 0 aromatic heterocycles. The minimum atomic E-state index is 0.585. The standard InChI is InChI=1S/C45H25N3/c1-25-16-27(23-46)10-13-31(25)37-20-43-39(33-15-12-30(48-3)18-36(33)37)19-38(32-14-11-28(24-47)17-26(32)2)42-21-40-34-8-4-6-29-7-5-9-35(45(29)34)41(40)22-44(42)43/h4-22H,1-2H3. The first-order chi connectivity index (χ1) is 23.5. The predicted molar refractivity (Wildman–Crippen MR) is 197 cm³/mol. The van der Waals surface area contributed by atoms with E-state index in [-0.39, 0.29) is 0 Å². The van der Waals surface area contributed by atoms with Crippen molar-refractivity contribution in [3.63, 3.8) is 0 Å². The molecule has 0 spiro atoms. The Hall–Kier alpha value is -6.73. The Labute approximate surface area is 278 Å². The number of hydrogen-bond donors (Lipinski definition) is 0. The van der Waals surface area contributed by atoms with Gasteiger partial charge in [-0.05, 0) is 167 Å². The van der Waals surface area contributed by atoms with Crippen molar-refractivity contribution in [2.24, 2.45) is 0 Å². The van der Waals surface area contributed by atoms with Gasteiger partial charge in [-0.3, -0.25) is 0 Å². The second-order valence-electron chi connectivity index (χ2n) is 12.7. The van der Waals surface area contributed by atoms with Crippen LogP contribution in [0.4, 0.5) is 5.69 Å². The van der Waals surface area contributed by atoms with Gasteiger partial charge in [0.2, 0.25) is 0 Å². The molecule has 9 rings (SSSR count). The van der Waals surface area contributed by atoms with E-state index in [0.29, 0.717) is 16.8 Å². The lowest BCUT2D eigenvalue weighted by Crippen LogP contribution is -1.93. The van der Waals surface area contributed by atoms with Gasteiger partial charge in [-0.25, -0.2) is 4.85 Å². The normalized spacial score (nSPS) is 11.5. The summed E-state index contributed by atoms with van der Waals surface area (Å²) < 4.78 is 0. The highest BCUT2D eigenvalue weighted by Crippen LogP contribution is 2.51. The van der Waals surface area contributed by atoms with Crippen LogP contribution in [0.5, 0.6) is 0 Å². The van der Waals surface area contributed by atoms with E-state index in [0.717, 1.165) is 65.7 Å². The lowest BCUT2D eigenvalue weighted by Gasteiger charge is -2.19. The van der Waals surface area contributed by atoms with Gasteiger partial charge in [0.15, 0.2) is 5.69 Å². The van der Waals surface area contributed by atoms with E-state index in [9.17, 15) is 10.5 Å². The van der Waals surface area contributed by atoms with Crippen molar-refractivity contribution in [3.05, 3.63) is 149 Å². The van der Waals surface area contributed by atoms with E-state index in [1.807, 2.05) is 49.4 Å². The van der Waals surface area contributed by atoms with Crippen LogP contribution in [0.2, 0.25) is 0 Å². The van der Waals surface area contributed by atoms with Gasteiger partial charge >= 0.3 is 0 Å². The largest absolute Gasteiger partial charge is 0.238 e. The van der Waals surface area contributed by atoms with E-state index >= 15 is 0 Å². The fourth-order valence-corrected chi connectivity index (χ4v) is 7.90. The van der Waals surface area contributed by atoms with Gasteiger partial charge in [-0.2, -0.15) is 10.5 Å².